The van der Waals surface area contributed by atoms with Crippen molar-refractivity contribution in [1.82, 2.24) is 9.46 Å². The van der Waals surface area contributed by atoms with Crippen LogP contribution in [0.3, 0.4) is 0 Å². The molecule has 0 amide bonds. The summed E-state index contributed by atoms with van der Waals surface area (Å²) in [6, 6.07) is 44.0. The summed E-state index contributed by atoms with van der Waals surface area (Å²) in [6.45, 7) is 2.22. The smallest absolute Gasteiger partial charge is 0.364 e. The molecule has 8 rings (SSSR count). The second-order valence-electron chi connectivity index (χ2n) is 10.4. The minimum Gasteiger partial charge on any atom is -0.364 e. The zero-order valence-corrected chi connectivity index (χ0v) is 21.7. The lowest BCUT2D eigenvalue weighted by atomic mass is 9.55. The molecule has 0 saturated heterocycles. The summed E-state index contributed by atoms with van der Waals surface area (Å²) < 4.78 is 2.40. The average molecular weight is 499 g/mol. The zero-order chi connectivity index (χ0) is 25.9. The number of hydrogen-bond acceptors (Lipinski definition) is 2. The number of nitrogens with zero attached hydrogens (tertiary/aromatic N) is 3. The highest BCUT2D eigenvalue weighted by Gasteiger charge is 2.51. The Bertz CT molecular complexity index is 1780. The monoisotopic (exact) mass is 499 g/mol. The molecular weight excluding hydrogens is 473 g/mol. The minimum atomic E-state index is 0.0292. The highest BCUT2D eigenvalue weighted by molar-refractivity contribution is 6.69. The average Bonchev–Trinajstić information content (AvgIpc) is 3.61. The Kier molecular flexibility index (Phi) is 4.90. The van der Waals surface area contributed by atoms with Gasteiger partial charge in [0, 0.05) is 35.1 Å². The molecule has 0 spiro atoms. The van der Waals surface area contributed by atoms with E-state index < -0.39 is 0 Å². The Morgan fingerprint density at radius 2 is 1.26 bits per heavy atom. The van der Waals surface area contributed by atoms with E-state index in [2.05, 4.69) is 144 Å². The van der Waals surface area contributed by atoms with Gasteiger partial charge in [-0.15, -0.1) is 0 Å². The first kappa shape index (κ1) is 22.2. The van der Waals surface area contributed by atoms with Crippen molar-refractivity contribution in [2.24, 2.45) is 0 Å². The molecule has 0 fully saturated rings. The summed E-state index contributed by atoms with van der Waals surface area (Å²) >= 11 is 0. The Hall–Kier alpha value is -4.83. The maximum absolute atomic E-state index is 4.91. The van der Waals surface area contributed by atoms with Crippen LogP contribution >= 0.6 is 0 Å². The molecule has 39 heavy (non-hydrogen) atoms. The van der Waals surface area contributed by atoms with Crippen LogP contribution in [-0.4, -0.2) is 16.4 Å². The normalized spacial score (nSPS) is 14.9. The maximum atomic E-state index is 4.91. The molecule has 0 radical (unpaired) electrons. The highest BCUT2D eigenvalue weighted by Crippen LogP contribution is 2.55. The van der Waals surface area contributed by atoms with Crippen molar-refractivity contribution in [2.45, 2.75) is 12.7 Å². The molecule has 0 aliphatic carbocycles. The van der Waals surface area contributed by atoms with Crippen molar-refractivity contribution in [3.8, 4) is 33.6 Å². The topological polar surface area (TPSA) is 21.1 Å². The third-order valence-electron chi connectivity index (χ3n) is 8.37. The SMILES string of the molecule is Cc1cccc2c1-c1nccn1B1C(c3c(-c4ccccc4)cccc3-c3ccccc3)c3ccccc3N12. The van der Waals surface area contributed by atoms with Crippen molar-refractivity contribution < 1.29 is 0 Å². The predicted molar refractivity (Wildman–Crippen MR) is 161 cm³/mol. The lowest BCUT2D eigenvalue weighted by molar-refractivity contribution is 1.03. The van der Waals surface area contributed by atoms with Gasteiger partial charge in [-0.1, -0.05) is 109 Å². The van der Waals surface area contributed by atoms with E-state index in [-0.39, 0.29) is 12.8 Å². The van der Waals surface area contributed by atoms with E-state index in [9.17, 15) is 0 Å². The van der Waals surface area contributed by atoms with Crippen molar-refractivity contribution >= 4 is 18.4 Å². The van der Waals surface area contributed by atoms with Gasteiger partial charge in [0.15, 0.2) is 0 Å². The Morgan fingerprint density at radius 1 is 0.641 bits per heavy atom. The predicted octanol–water partition coefficient (Wildman–Crippen LogP) is 8.37. The number of fused-ring (bicyclic) bond motifs is 8. The van der Waals surface area contributed by atoms with Crippen molar-refractivity contribution in [3.63, 3.8) is 0 Å². The third kappa shape index (κ3) is 3.21. The number of hydrogen-bond donors (Lipinski definition) is 0. The van der Waals surface area contributed by atoms with Crippen LogP contribution in [0.5, 0.6) is 0 Å². The Morgan fingerprint density at radius 3 is 1.97 bits per heavy atom. The van der Waals surface area contributed by atoms with Crippen molar-refractivity contribution in [2.75, 3.05) is 4.81 Å². The van der Waals surface area contributed by atoms with E-state index in [1.807, 2.05) is 6.20 Å². The number of aromatic nitrogens is 2. The van der Waals surface area contributed by atoms with Crippen molar-refractivity contribution in [3.05, 3.63) is 150 Å². The third-order valence-corrected chi connectivity index (χ3v) is 8.37. The maximum Gasteiger partial charge on any atom is 0.398 e. The van der Waals surface area contributed by atoms with E-state index >= 15 is 0 Å². The van der Waals surface area contributed by atoms with Gasteiger partial charge in [-0.3, -0.25) is 0 Å². The van der Waals surface area contributed by atoms with Gasteiger partial charge in [0.25, 0.3) is 0 Å². The van der Waals surface area contributed by atoms with Crippen LogP contribution in [0.25, 0.3) is 33.6 Å². The van der Waals surface area contributed by atoms with Crippen LogP contribution in [0.2, 0.25) is 0 Å². The summed E-state index contributed by atoms with van der Waals surface area (Å²) in [5.74, 6) is 1.13. The van der Waals surface area contributed by atoms with Crippen LogP contribution in [0.1, 0.15) is 22.5 Å². The van der Waals surface area contributed by atoms with Gasteiger partial charge in [-0.25, -0.2) is 4.98 Å². The van der Waals surface area contributed by atoms with Gasteiger partial charge >= 0.3 is 6.98 Å². The first-order valence-corrected chi connectivity index (χ1v) is 13.6. The molecule has 4 heteroatoms. The molecule has 2 aliphatic rings. The highest BCUT2D eigenvalue weighted by atomic mass is 15.2. The van der Waals surface area contributed by atoms with E-state index in [0.29, 0.717) is 0 Å². The fraction of sp³-hybridized carbons (Fsp3) is 0.0571. The molecule has 3 nitrogen and oxygen atoms in total. The molecule has 184 valence electrons. The summed E-state index contributed by atoms with van der Waals surface area (Å²) in [7, 11) is 0. The lowest BCUT2D eigenvalue weighted by Gasteiger charge is -2.36. The second kappa shape index (κ2) is 8.61. The van der Waals surface area contributed by atoms with Gasteiger partial charge in [-0.05, 0) is 58.0 Å². The van der Waals surface area contributed by atoms with E-state index in [4.69, 9.17) is 4.98 Å². The molecule has 2 aliphatic heterocycles. The molecule has 1 aromatic heterocycles. The number of para-hydroxylation sites is 1. The zero-order valence-electron chi connectivity index (χ0n) is 21.7. The van der Waals surface area contributed by atoms with Crippen LogP contribution in [0, 0.1) is 6.92 Å². The molecule has 1 unspecified atom stereocenters. The van der Waals surface area contributed by atoms with Gasteiger partial charge in [0.05, 0.1) is 0 Å². The van der Waals surface area contributed by atoms with Crippen LogP contribution < -0.4 is 4.81 Å². The van der Waals surface area contributed by atoms with E-state index in [1.165, 1.54) is 55.9 Å². The standard InChI is InChI=1S/C35H26BN3/c1-24-12-10-21-31-32(24)35-37-22-23-38(35)36-34(29-17-8-9-20-30(29)39(31)36)33-27(25-13-4-2-5-14-25)18-11-19-28(33)26-15-6-3-7-16-26/h2-23,34H,1H3. The molecule has 6 aromatic rings. The van der Waals surface area contributed by atoms with Crippen molar-refractivity contribution in [1.29, 1.82) is 0 Å². The van der Waals surface area contributed by atoms with Crippen LogP contribution in [-0.2, 0) is 0 Å². The second-order valence-corrected chi connectivity index (χ2v) is 10.4. The van der Waals surface area contributed by atoms with Gasteiger partial charge < -0.3 is 9.29 Å². The largest absolute Gasteiger partial charge is 0.398 e. The van der Waals surface area contributed by atoms with Gasteiger partial charge in [0.2, 0.25) is 0 Å². The number of rotatable bonds is 3. The Balaban J connectivity index is 1.47. The summed E-state index contributed by atoms with van der Waals surface area (Å²) in [5, 5.41) is 0. The molecule has 0 N–H and O–H groups in total. The number of anilines is 2. The van der Waals surface area contributed by atoms with Gasteiger partial charge in [0.1, 0.15) is 5.82 Å². The molecule has 5 aromatic carbocycles. The number of benzene rings is 5. The fourth-order valence-corrected chi connectivity index (χ4v) is 6.79. The first-order chi connectivity index (χ1) is 19.3. The Labute approximate surface area is 229 Å². The minimum absolute atomic E-state index is 0.0292. The summed E-state index contributed by atoms with van der Waals surface area (Å²) in [5.41, 5.74) is 12.7. The molecule has 0 saturated carbocycles. The lowest BCUT2D eigenvalue weighted by Crippen LogP contribution is -2.46. The quantitative estimate of drug-likeness (QED) is 0.228. The molecule has 3 heterocycles. The number of aryl methyl sites for hydroxylation is 1. The van der Waals surface area contributed by atoms with E-state index in [1.54, 1.807) is 0 Å². The molecular formula is C35H26BN3. The van der Waals surface area contributed by atoms with E-state index in [0.717, 1.165) is 5.82 Å². The molecule has 0 bridgehead atoms. The van der Waals surface area contributed by atoms with Crippen LogP contribution in [0.4, 0.5) is 11.4 Å². The first-order valence-electron chi connectivity index (χ1n) is 13.6. The summed E-state index contributed by atoms with van der Waals surface area (Å²) in [6.07, 6.45) is 4.12. The number of imidazole rings is 1. The summed E-state index contributed by atoms with van der Waals surface area (Å²) in [4.78, 5) is 7.46. The molecule has 1 atom stereocenters. The fourth-order valence-electron chi connectivity index (χ4n) is 6.79. The van der Waals surface area contributed by atoms with Crippen LogP contribution in [0.15, 0.2) is 134 Å². The van der Waals surface area contributed by atoms with Gasteiger partial charge in [-0.2, -0.15) is 0 Å².